The number of nitrogens with zero attached hydrogens (tertiary/aromatic N) is 4. The topological polar surface area (TPSA) is 73.1 Å². The summed E-state index contributed by atoms with van der Waals surface area (Å²) >= 11 is 1.67. The van der Waals surface area contributed by atoms with Gasteiger partial charge in [0, 0.05) is 61.2 Å². The Hall–Kier alpha value is -2.13. The third-order valence-corrected chi connectivity index (χ3v) is 6.69. The summed E-state index contributed by atoms with van der Waals surface area (Å²) in [5, 5.41) is 20.4. The number of nitro benzene ring substituents is 1. The van der Waals surface area contributed by atoms with Crippen LogP contribution in [0.4, 0.5) is 17.1 Å². The number of benzene rings is 2. The molecule has 2 heterocycles. The smallest absolute Gasteiger partial charge is 0.271 e. The first-order valence-electron chi connectivity index (χ1n) is 10.0. The molecule has 0 unspecified atom stereocenters. The molecule has 0 atom stereocenters. The zero-order valence-corrected chi connectivity index (χ0v) is 17.2. The van der Waals surface area contributed by atoms with E-state index in [-0.39, 0.29) is 17.2 Å². The molecule has 2 aliphatic heterocycles. The van der Waals surface area contributed by atoms with Crippen molar-refractivity contribution in [1.29, 1.82) is 0 Å². The van der Waals surface area contributed by atoms with Gasteiger partial charge in [0.15, 0.2) is 0 Å². The van der Waals surface area contributed by atoms with Crippen LogP contribution >= 0.6 is 11.8 Å². The fourth-order valence-electron chi connectivity index (χ4n) is 4.00. The van der Waals surface area contributed by atoms with Crippen LogP contribution in [0.15, 0.2) is 52.3 Å². The lowest BCUT2D eigenvalue weighted by Gasteiger charge is -2.36. The molecule has 0 amide bonds. The molecule has 0 aromatic heterocycles. The second-order valence-electron chi connectivity index (χ2n) is 7.39. The number of hydrogen-bond acceptors (Lipinski definition) is 7. The fraction of sp³-hybridized carbons (Fsp3) is 0.429. The van der Waals surface area contributed by atoms with Gasteiger partial charge in [0.2, 0.25) is 0 Å². The van der Waals surface area contributed by atoms with E-state index < -0.39 is 0 Å². The lowest BCUT2D eigenvalue weighted by molar-refractivity contribution is -0.384. The monoisotopic (exact) mass is 414 g/mol. The summed E-state index contributed by atoms with van der Waals surface area (Å²) in [6, 6.07) is 13.4. The van der Waals surface area contributed by atoms with Gasteiger partial charge in [0.05, 0.1) is 22.9 Å². The van der Waals surface area contributed by atoms with Crippen LogP contribution in [-0.2, 0) is 0 Å². The minimum atomic E-state index is -0.324. The van der Waals surface area contributed by atoms with E-state index in [1.54, 1.807) is 23.9 Å². The number of anilines is 2. The number of nitro groups is 1. The van der Waals surface area contributed by atoms with E-state index >= 15 is 0 Å². The van der Waals surface area contributed by atoms with Crippen molar-refractivity contribution >= 4 is 28.8 Å². The van der Waals surface area contributed by atoms with Gasteiger partial charge in [0.1, 0.15) is 0 Å². The molecular formula is C21H26N4O3S. The molecular weight excluding hydrogens is 388 g/mol. The summed E-state index contributed by atoms with van der Waals surface area (Å²) in [4.78, 5) is 20.2. The molecule has 0 radical (unpaired) electrons. The molecule has 8 heteroatoms. The Bertz CT molecular complexity index is 871. The van der Waals surface area contributed by atoms with E-state index in [4.69, 9.17) is 5.11 Å². The van der Waals surface area contributed by atoms with Crippen LogP contribution < -0.4 is 4.90 Å². The number of β-amino-alcohol motifs (C(OH)–C–C–N with tert-alkyl or cyclic N) is 1. The molecule has 7 nitrogen and oxygen atoms in total. The summed E-state index contributed by atoms with van der Waals surface area (Å²) < 4.78 is 0. The van der Waals surface area contributed by atoms with E-state index in [1.165, 1.54) is 4.90 Å². The molecule has 0 bridgehead atoms. The van der Waals surface area contributed by atoms with Crippen molar-refractivity contribution in [2.24, 2.45) is 0 Å². The maximum Gasteiger partial charge on any atom is 0.271 e. The first-order chi connectivity index (χ1) is 14.2. The van der Waals surface area contributed by atoms with Gasteiger partial charge in [-0.15, -0.1) is 0 Å². The first kappa shape index (κ1) is 20.2. The second-order valence-corrected chi connectivity index (χ2v) is 8.47. The van der Waals surface area contributed by atoms with Gasteiger partial charge >= 0.3 is 0 Å². The number of para-hydroxylation sites is 1. The average molecular weight is 415 g/mol. The molecule has 2 aliphatic rings. The second kappa shape index (κ2) is 9.13. The molecule has 1 N–H and O–H groups in total. The standard InChI is InChI=1S/C21H26N4O3S/c26-15-14-23-12-10-22(11-13-23)8-3-9-24-18-4-1-2-5-20(18)29-21-7-6-17(25(27)28)16-19(21)24/h1-2,4-7,16,26H,3,8-15H2. The van der Waals surface area contributed by atoms with Crippen molar-refractivity contribution in [1.82, 2.24) is 9.80 Å². The van der Waals surface area contributed by atoms with Crippen molar-refractivity contribution in [3.05, 3.63) is 52.6 Å². The molecule has 4 rings (SSSR count). The number of hydrogen-bond donors (Lipinski definition) is 1. The van der Waals surface area contributed by atoms with Crippen molar-refractivity contribution in [2.45, 2.75) is 16.2 Å². The molecule has 1 fully saturated rings. The van der Waals surface area contributed by atoms with Crippen molar-refractivity contribution in [3.8, 4) is 0 Å². The molecule has 0 spiro atoms. The molecule has 2 aromatic rings. The average Bonchev–Trinajstić information content (AvgIpc) is 2.74. The molecule has 29 heavy (non-hydrogen) atoms. The lowest BCUT2D eigenvalue weighted by atomic mass is 10.2. The SMILES string of the molecule is O=[N+]([O-])c1ccc2c(c1)N(CCCN1CCN(CCO)CC1)c1ccccc1S2. The fourth-order valence-corrected chi connectivity index (χ4v) is 5.08. The zero-order valence-electron chi connectivity index (χ0n) is 16.4. The largest absolute Gasteiger partial charge is 0.395 e. The Morgan fingerprint density at radius 1 is 0.931 bits per heavy atom. The van der Waals surface area contributed by atoms with Crippen LogP contribution in [0.1, 0.15) is 6.42 Å². The Morgan fingerprint density at radius 2 is 1.62 bits per heavy atom. The number of piperazine rings is 1. The zero-order chi connectivity index (χ0) is 20.2. The Balaban J connectivity index is 1.45. The van der Waals surface area contributed by atoms with Gasteiger partial charge < -0.3 is 14.9 Å². The maximum absolute atomic E-state index is 11.3. The van der Waals surface area contributed by atoms with Gasteiger partial charge in [-0.05, 0) is 31.2 Å². The number of aliphatic hydroxyl groups excluding tert-OH is 1. The highest BCUT2D eigenvalue weighted by atomic mass is 32.2. The van der Waals surface area contributed by atoms with E-state index in [2.05, 4.69) is 26.8 Å². The molecule has 2 aromatic carbocycles. The third kappa shape index (κ3) is 4.56. The van der Waals surface area contributed by atoms with Crippen LogP contribution in [-0.4, -0.2) is 72.2 Å². The van der Waals surface area contributed by atoms with Crippen molar-refractivity contribution < 1.29 is 10.0 Å². The van der Waals surface area contributed by atoms with Crippen LogP contribution in [0.5, 0.6) is 0 Å². The molecule has 154 valence electrons. The lowest BCUT2D eigenvalue weighted by Crippen LogP contribution is -2.47. The summed E-state index contributed by atoms with van der Waals surface area (Å²) in [7, 11) is 0. The molecule has 0 aliphatic carbocycles. The minimum absolute atomic E-state index is 0.133. The first-order valence-corrected chi connectivity index (χ1v) is 10.9. The minimum Gasteiger partial charge on any atom is -0.395 e. The third-order valence-electron chi connectivity index (χ3n) is 5.56. The number of rotatable bonds is 7. The number of aliphatic hydroxyl groups is 1. The van der Waals surface area contributed by atoms with Crippen LogP contribution in [0.2, 0.25) is 0 Å². The molecule has 0 saturated carbocycles. The van der Waals surface area contributed by atoms with Crippen molar-refractivity contribution in [2.75, 3.05) is 57.3 Å². The van der Waals surface area contributed by atoms with E-state index in [9.17, 15) is 10.1 Å². The van der Waals surface area contributed by atoms with Crippen LogP contribution in [0, 0.1) is 10.1 Å². The highest BCUT2D eigenvalue weighted by molar-refractivity contribution is 7.99. The van der Waals surface area contributed by atoms with E-state index in [0.29, 0.717) is 0 Å². The predicted octanol–water partition coefficient (Wildman–Crippen LogP) is 3.20. The van der Waals surface area contributed by atoms with Gasteiger partial charge in [-0.25, -0.2) is 0 Å². The Labute approximate surface area is 175 Å². The summed E-state index contributed by atoms with van der Waals surface area (Å²) in [5.74, 6) is 0. The molecule has 1 saturated heterocycles. The Morgan fingerprint density at radius 3 is 2.34 bits per heavy atom. The van der Waals surface area contributed by atoms with Crippen molar-refractivity contribution in [3.63, 3.8) is 0 Å². The summed E-state index contributed by atoms with van der Waals surface area (Å²) in [6.45, 7) is 6.84. The number of non-ortho nitro benzene ring substituents is 1. The summed E-state index contributed by atoms with van der Waals surface area (Å²) in [6.07, 6.45) is 0.987. The number of fused-ring (bicyclic) bond motifs is 2. The maximum atomic E-state index is 11.3. The van der Waals surface area contributed by atoms with E-state index in [0.717, 1.165) is 68.5 Å². The van der Waals surface area contributed by atoms with Gasteiger partial charge in [-0.3, -0.25) is 15.0 Å². The highest BCUT2D eigenvalue weighted by Gasteiger charge is 2.25. The van der Waals surface area contributed by atoms with Gasteiger partial charge in [-0.2, -0.15) is 0 Å². The Kier molecular flexibility index (Phi) is 6.34. The van der Waals surface area contributed by atoms with Gasteiger partial charge in [0.25, 0.3) is 5.69 Å². The summed E-state index contributed by atoms with van der Waals surface area (Å²) in [5.41, 5.74) is 2.18. The quantitative estimate of drug-likeness (QED) is 0.551. The predicted molar refractivity (Wildman–Crippen MR) is 115 cm³/mol. The normalized spacial score (nSPS) is 17.1. The van der Waals surface area contributed by atoms with Crippen LogP contribution in [0.25, 0.3) is 0 Å². The van der Waals surface area contributed by atoms with Gasteiger partial charge in [-0.1, -0.05) is 23.9 Å². The van der Waals surface area contributed by atoms with Crippen LogP contribution in [0.3, 0.4) is 0 Å². The highest BCUT2D eigenvalue weighted by Crippen LogP contribution is 2.48. The van der Waals surface area contributed by atoms with E-state index in [1.807, 2.05) is 18.2 Å².